The smallest absolute Gasteiger partial charge is 0.315 e. The minimum Gasteiger partial charge on any atom is -0.407 e. The van der Waals surface area contributed by atoms with Gasteiger partial charge in [-0.05, 0) is 34.1 Å². The molecule has 0 amide bonds. The number of rotatable bonds is 5. The third-order valence-electron chi connectivity index (χ3n) is 3.29. The third kappa shape index (κ3) is 4.47. The second-order valence-corrected chi connectivity index (χ2v) is 6.11. The maximum atomic E-state index is 5.54. The van der Waals surface area contributed by atoms with Crippen molar-refractivity contribution < 1.29 is 9.15 Å². The van der Waals surface area contributed by atoms with Gasteiger partial charge in [0.05, 0.1) is 12.6 Å². The fraction of sp³-hybridized carbons (Fsp3) is 0.846. The van der Waals surface area contributed by atoms with E-state index in [9.17, 15) is 0 Å². The molecule has 1 saturated heterocycles. The summed E-state index contributed by atoms with van der Waals surface area (Å²) in [5.41, 5.74) is 0.0404. The van der Waals surface area contributed by atoms with E-state index in [2.05, 4.69) is 48.5 Å². The summed E-state index contributed by atoms with van der Waals surface area (Å²) >= 11 is 0. The lowest BCUT2D eigenvalue weighted by Crippen LogP contribution is -2.35. The number of aromatic nitrogens is 2. The number of hydrogen-bond donors (Lipinski definition) is 2. The van der Waals surface area contributed by atoms with Crippen molar-refractivity contribution in [1.29, 1.82) is 0 Å². The van der Waals surface area contributed by atoms with Crippen molar-refractivity contribution in [3.63, 3.8) is 0 Å². The van der Waals surface area contributed by atoms with Crippen molar-refractivity contribution in [2.24, 2.45) is 5.92 Å². The van der Waals surface area contributed by atoms with Crippen molar-refractivity contribution in [1.82, 2.24) is 15.5 Å². The first-order chi connectivity index (χ1) is 8.94. The third-order valence-corrected chi connectivity index (χ3v) is 3.29. The summed E-state index contributed by atoms with van der Waals surface area (Å²) in [5.74, 6) is 1.12. The van der Waals surface area contributed by atoms with Crippen molar-refractivity contribution in [2.75, 3.05) is 18.5 Å². The zero-order valence-corrected chi connectivity index (χ0v) is 12.2. The van der Waals surface area contributed by atoms with E-state index in [0.717, 1.165) is 19.6 Å². The van der Waals surface area contributed by atoms with Gasteiger partial charge in [-0.1, -0.05) is 5.10 Å². The molecule has 2 unspecified atom stereocenters. The average Bonchev–Trinajstić information content (AvgIpc) is 2.92. The topological polar surface area (TPSA) is 72.2 Å². The molecule has 108 valence electrons. The first-order valence-corrected chi connectivity index (χ1v) is 6.87. The Labute approximate surface area is 114 Å². The summed E-state index contributed by atoms with van der Waals surface area (Å²) in [6.07, 6.45) is 1.39. The minimum absolute atomic E-state index is 0.0404. The van der Waals surface area contributed by atoms with Crippen LogP contribution >= 0.6 is 0 Å². The maximum absolute atomic E-state index is 5.54. The van der Waals surface area contributed by atoms with Gasteiger partial charge in [0.15, 0.2) is 0 Å². The summed E-state index contributed by atoms with van der Waals surface area (Å²) in [5, 5.41) is 14.5. The Morgan fingerprint density at radius 2 is 2.11 bits per heavy atom. The average molecular weight is 268 g/mol. The first kappa shape index (κ1) is 14.3. The number of nitrogens with zero attached hydrogens (tertiary/aromatic N) is 2. The molecule has 1 fully saturated rings. The van der Waals surface area contributed by atoms with E-state index in [0.29, 0.717) is 30.5 Å². The number of hydrogen-bond acceptors (Lipinski definition) is 6. The van der Waals surface area contributed by atoms with Crippen LogP contribution in [0.2, 0.25) is 0 Å². The van der Waals surface area contributed by atoms with Gasteiger partial charge in [0.2, 0.25) is 5.89 Å². The Bertz CT molecular complexity index is 400. The molecule has 0 aromatic carbocycles. The number of ether oxygens (including phenoxy) is 1. The second kappa shape index (κ2) is 5.88. The Morgan fingerprint density at radius 1 is 1.32 bits per heavy atom. The lowest BCUT2D eigenvalue weighted by molar-refractivity contribution is 0.108. The van der Waals surface area contributed by atoms with E-state index < -0.39 is 0 Å². The lowest BCUT2D eigenvalue weighted by Gasteiger charge is -2.18. The monoisotopic (exact) mass is 268 g/mol. The standard InChI is InChI=1S/C13H24N4O2/c1-9-10(5-6-18-9)7-14-12-17-16-11(19-12)8-15-13(2,3)4/h9-10,15H,5-8H2,1-4H3,(H,14,17). The molecular weight excluding hydrogens is 244 g/mol. The molecule has 2 heterocycles. The van der Waals surface area contributed by atoms with E-state index in [1.54, 1.807) is 0 Å². The highest BCUT2D eigenvalue weighted by Crippen LogP contribution is 2.20. The van der Waals surface area contributed by atoms with Crippen LogP contribution in [-0.4, -0.2) is 35.0 Å². The van der Waals surface area contributed by atoms with Crippen LogP contribution in [0.4, 0.5) is 6.01 Å². The van der Waals surface area contributed by atoms with Gasteiger partial charge in [-0.2, -0.15) is 0 Å². The summed E-state index contributed by atoms with van der Waals surface area (Å²) < 4.78 is 11.1. The quantitative estimate of drug-likeness (QED) is 0.848. The van der Waals surface area contributed by atoms with E-state index in [4.69, 9.17) is 9.15 Å². The molecule has 6 heteroatoms. The van der Waals surface area contributed by atoms with Gasteiger partial charge >= 0.3 is 6.01 Å². The largest absolute Gasteiger partial charge is 0.407 e. The molecule has 6 nitrogen and oxygen atoms in total. The summed E-state index contributed by atoms with van der Waals surface area (Å²) in [6.45, 7) is 10.7. The fourth-order valence-electron chi connectivity index (χ4n) is 2.00. The highest BCUT2D eigenvalue weighted by atomic mass is 16.5. The van der Waals surface area contributed by atoms with Gasteiger partial charge in [0.25, 0.3) is 0 Å². The Kier molecular flexibility index (Phi) is 4.42. The Balaban J connectivity index is 1.77. The summed E-state index contributed by atoms with van der Waals surface area (Å²) in [4.78, 5) is 0. The van der Waals surface area contributed by atoms with Gasteiger partial charge in [0.1, 0.15) is 0 Å². The minimum atomic E-state index is 0.0404. The van der Waals surface area contributed by atoms with Crippen molar-refractivity contribution >= 4 is 6.01 Å². The lowest BCUT2D eigenvalue weighted by atomic mass is 10.0. The van der Waals surface area contributed by atoms with E-state index >= 15 is 0 Å². The molecule has 1 aromatic rings. The normalized spacial score (nSPS) is 23.8. The molecule has 1 aliphatic heterocycles. The van der Waals surface area contributed by atoms with Gasteiger partial charge < -0.3 is 19.8 Å². The highest BCUT2D eigenvalue weighted by molar-refractivity contribution is 5.17. The SMILES string of the molecule is CC1OCCC1CNc1nnc(CNC(C)(C)C)o1. The van der Waals surface area contributed by atoms with E-state index in [-0.39, 0.29) is 5.54 Å². The van der Waals surface area contributed by atoms with Crippen LogP contribution in [-0.2, 0) is 11.3 Å². The first-order valence-electron chi connectivity index (χ1n) is 6.87. The molecule has 0 bridgehead atoms. The van der Waals surface area contributed by atoms with E-state index in [1.807, 2.05) is 0 Å². The fourth-order valence-corrected chi connectivity index (χ4v) is 2.00. The summed E-state index contributed by atoms with van der Waals surface area (Å²) in [6, 6.07) is 0.491. The van der Waals surface area contributed by atoms with Gasteiger partial charge in [-0.15, -0.1) is 5.10 Å². The van der Waals surface area contributed by atoms with Gasteiger partial charge in [-0.3, -0.25) is 0 Å². The molecule has 1 aromatic heterocycles. The Morgan fingerprint density at radius 3 is 2.74 bits per heavy atom. The molecule has 0 radical (unpaired) electrons. The van der Waals surface area contributed by atoms with Crippen LogP contribution in [0.15, 0.2) is 4.42 Å². The molecule has 2 rings (SSSR count). The van der Waals surface area contributed by atoms with Crippen LogP contribution in [0.3, 0.4) is 0 Å². The van der Waals surface area contributed by atoms with Crippen LogP contribution in [0.5, 0.6) is 0 Å². The molecule has 0 saturated carbocycles. The van der Waals surface area contributed by atoms with Crippen molar-refractivity contribution in [2.45, 2.75) is 52.3 Å². The molecule has 0 aliphatic carbocycles. The van der Waals surface area contributed by atoms with Crippen molar-refractivity contribution in [3.05, 3.63) is 5.89 Å². The molecule has 1 aliphatic rings. The number of nitrogens with one attached hydrogen (secondary N) is 2. The van der Waals surface area contributed by atoms with Crippen LogP contribution < -0.4 is 10.6 Å². The van der Waals surface area contributed by atoms with Gasteiger partial charge in [-0.25, -0.2) is 0 Å². The predicted molar refractivity (Wildman–Crippen MR) is 72.9 cm³/mol. The highest BCUT2D eigenvalue weighted by Gasteiger charge is 2.24. The number of anilines is 1. The van der Waals surface area contributed by atoms with Gasteiger partial charge in [0, 0.05) is 24.6 Å². The molecule has 0 spiro atoms. The second-order valence-electron chi connectivity index (χ2n) is 6.11. The zero-order valence-electron chi connectivity index (χ0n) is 12.2. The molecule has 2 N–H and O–H groups in total. The maximum Gasteiger partial charge on any atom is 0.315 e. The van der Waals surface area contributed by atoms with Crippen molar-refractivity contribution in [3.8, 4) is 0 Å². The Hall–Kier alpha value is -1.14. The molecule has 2 atom stereocenters. The van der Waals surface area contributed by atoms with E-state index in [1.165, 1.54) is 0 Å². The van der Waals surface area contributed by atoms with Crippen LogP contribution in [0.25, 0.3) is 0 Å². The van der Waals surface area contributed by atoms with Crippen LogP contribution in [0.1, 0.15) is 40.0 Å². The van der Waals surface area contributed by atoms with Crippen LogP contribution in [0, 0.1) is 5.92 Å². The zero-order chi connectivity index (χ0) is 13.9. The molecular formula is C13H24N4O2. The molecule has 19 heavy (non-hydrogen) atoms. The summed E-state index contributed by atoms with van der Waals surface area (Å²) in [7, 11) is 0. The predicted octanol–water partition coefficient (Wildman–Crippen LogP) is 1.79.